The summed E-state index contributed by atoms with van der Waals surface area (Å²) < 4.78 is 2.39. The minimum Gasteiger partial charge on any atom is -0.330 e. The molecule has 4 heteroatoms. The average molecular weight is 497 g/mol. The summed E-state index contributed by atoms with van der Waals surface area (Å²) in [7, 11) is 0. The molecule has 0 amide bonds. The number of nitro benzene ring substituents is 1. The molecule has 1 aliphatic heterocycles. The van der Waals surface area contributed by atoms with Crippen LogP contribution in [-0.4, -0.2) is 9.49 Å². The van der Waals surface area contributed by atoms with Crippen molar-refractivity contribution in [3.63, 3.8) is 0 Å². The Hall–Kier alpha value is -4.44. The lowest BCUT2D eigenvalue weighted by Gasteiger charge is -2.49. The third-order valence-corrected chi connectivity index (χ3v) is 8.71. The highest BCUT2D eigenvalue weighted by Crippen LogP contribution is 2.57. The van der Waals surface area contributed by atoms with Gasteiger partial charge in [-0.3, -0.25) is 10.1 Å². The third-order valence-electron chi connectivity index (χ3n) is 8.71. The largest absolute Gasteiger partial charge is 0.330 e. The number of non-ortho nitro benzene ring substituents is 1. The van der Waals surface area contributed by atoms with Crippen LogP contribution in [0.4, 0.5) is 5.69 Å². The number of hydrogen-bond acceptors (Lipinski definition) is 2. The second-order valence-electron chi connectivity index (χ2n) is 11.2. The maximum absolute atomic E-state index is 12.3. The van der Waals surface area contributed by atoms with Crippen LogP contribution >= 0.6 is 0 Å². The van der Waals surface area contributed by atoms with Crippen molar-refractivity contribution < 1.29 is 4.92 Å². The van der Waals surface area contributed by atoms with Crippen molar-refractivity contribution in [1.82, 2.24) is 4.57 Å². The molecule has 1 aromatic heterocycles. The SMILES string of the molecule is CC1(C)C2=CC(c3ccccc3)=CCC2(C)n2c3cccc([N+](=O)[O-])c3c3cc(-c4ccccc4)cc1c32. The quantitative estimate of drug-likeness (QED) is 0.185. The van der Waals surface area contributed by atoms with Crippen LogP contribution in [0, 0.1) is 10.1 Å². The highest BCUT2D eigenvalue weighted by Gasteiger charge is 2.48. The molecule has 0 bridgehead atoms. The van der Waals surface area contributed by atoms with E-state index < -0.39 is 0 Å². The molecule has 0 fully saturated rings. The first kappa shape index (κ1) is 22.7. The molecule has 0 N–H and O–H groups in total. The first-order chi connectivity index (χ1) is 18.3. The second-order valence-corrected chi connectivity index (χ2v) is 11.2. The predicted octanol–water partition coefficient (Wildman–Crippen LogP) is 8.79. The molecule has 4 nitrogen and oxygen atoms in total. The smallest absolute Gasteiger partial charge is 0.279 e. The topological polar surface area (TPSA) is 48.1 Å². The molecule has 186 valence electrons. The van der Waals surface area contributed by atoms with Gasteiger partial charge < -0.3 is 4.57 Å². The van der Waals surface area contributed by atoms with E-state index in [1.165, 1.54) is 22.3 Å². The molecule has 2 heterocycles. The molecule has 38 heavy (non-hydrogen) atoms. The van der Waals surface area contributed by atoms with Crippen LogP contribution < -0.4 is 0 Å². The van der Waals surface area contributed by atoms with Gasteiger partial charge in [-0.05, 0) is 64.9 Å². The molecule has 1 atom stereocenters. The van der Waals surface area contributed by atoms with Crippen LogP contribution in [0.5, 0.6) is 0 Å². The Morgan fingerprint density at radius 1 is 0.816 bits per heavy atom. The van der Waals surface area contributed by atoms with E-state index >= 15 is 0 Å². The summed E-state index contributed by atoms with van der Waals surface area (Å²) in [6, 6.07) is 30.8. The van der Waals surface area contributed by atoms with E-state index in [4.69, 9.17) is 0 Å². The van der Waals surface area contributed by atoms with Gasteiger partial charge in [0.2, 0.25) is 0 Å². The van der Waals surface area contributed by atoms with Gasteiger partial charge >= 0.3 is 0 Å². The number of nitrogens with zero attached hydrogens (tertiary/aromatic N) is 2. The number of allylic oxidation sites excluding steroid dienone is 4. The third kappa shape index (κ3) is 2.97. The molecule has 2 aliphatic rings. The minimum atomic E-state index is -0.349. The molecule has 1 aliphatic carbocycles. The number of benzene rings is 4. The number of hydrogen-bond donors (Lipinski definition) is 0. The van der Waals surface area contributed by atoms with E-state index in [0.29, 0.717) is 0 Å². The Balaban J connectivity index is 1.62. The van der Waals surface area contributed by atoms with Crippen LogP contribution in [-0.2, 0) is 11.0 Å². The lowest BCUT2D eigenvalue weighted by molar-refractivity contribution is -0.383. The maximum atomic E-state index is 12.3. The van der Waals surface area contributed by atoms with Crippen molar-refractivity contribution in [2.24, 2.45) is 0 Å². The molecule has 1 unspecified atom stereocenters. The molecule has 4 aromatic carbocycles. The van der Waals surface area contributed by atoms with Crippen LogP contribution in [0.2, 0.25) is 0 Å². The van der Waals surface area contributed by atoms with E-state index in [1.54, 1.807) is 6.07 Å². The van der Waals surface area contributed by atoms with Gasteiger partial charge in [0.05, 0.1) is 26.9 Å². The molecular weight excluding hydrogens is 468 g/mol. The molecule has 7 rings (SSSR count). The fourth-order valence-corrected chi connectivity index (χ4v) is 6.95. The Kier molecular flexibility index (Phi) is 4.66. The van der Waals surface area contributed by atoms with Gasteiger partial charge in [0, 0.05) is 16.9 Å². The summed E-state index contributed by atoms with van der Waals surface area (Å²) in [6.45, 7) is 6.92. The van der Waals surface area contributed by atoms with Crippen LogP contribution in [0.15, 0.2) is 109 Å². The lowest BCUT2D eigenvalue weighted by atomic mass is 9.63. The van der Waals surface area contributed by atoms with E-state index in [-0.39, 0.29) is 21.6 Å². The van der Waals surface area contributed by atoms with Crippen molar-refractivity contribution in [2.45, 2.75) is 38.1 Å². The van der Waals surface area contributed by atoms with Crippen molar-refractivity contribution in [3.8, 4) is 11.1 Å². The van der Waals surface area contributed by atoms with E-state index in [9.17, 15) is 10.1 Å². The van der Waals surface area contributed by atoms with Gasteiger partial charge in [0.15, 0.2) is 0 Å². The standard InChI is InChI=1S/C34H28N2O2/c1-33(2)27-20-25(23-13-8-5-9-14-23)19-26-31-28(15-10-16-29(31)36(37)38)35(32(26)27)34(3)18-17-24(21-30(33)34)22-11-6-4-7-12-22/h4-17,19-21H,18H2,1-3H3. The van der Waals surface area contributed by atoms with E-state index in [1.807, 2.05) is 36.4 Å². The monoisotopic (exact) mass is 496 g/mol. The summed E-state index contributed by atoms with van der Waals surface area (Å²) in [5.74, 6) is 0. The Morgan fingerprint density at radius 2 is 1.50 bits per heavy atom. The van der Waals surface area contributed by atoms with Gasteiger partial charge in [-0.2, -0.15) is 0 Å². The highest BCUT2D eigenvalue weighted by molar-refractivity contribution is 6.15. The summed E-state index contributed by atoms with van der Waals surface area (Å²) >= 11 is 0. The zero-order valence-electron chi connectivity index (χ0n) is 21.7. The first-order valence-corrected chi connectivity index (χ1v) is 13.1. The summed E-state index contributed by atoms with van der Waals surface area (Å²) in [5.41, 5.74) is 8.71. The zero-order chi connectivity index (χ0) is 26.2. The molecule has 5 aromatic rings. The van der Waals surface area contributed by atoms with Crippen molar-refractivity contribution in [2.75, 3.05) is 0 Å². The predicted molar refractivity (Wildman–Crippen MR) is 155 cm³/mol. The van der Waals surface area contributed by atoms with Crippen molar-refractivity contribution >= 4 is 33.1 Å². The Bertz CT molecular complexity index is 1840. The fourth-order valence-electron chi connectivity index (χ4n) is 6.95. The number of fused-ring (bicyclic) bond motifs is 5. The molecule has 0 radical (unpaired) electrons. The number of nitro groups is 1. The minimum absolute atomic E-state index is 0.160. The molecule has 0 saturated carbocycles. The first-order valence-electron chi connectivity index (χ1n) is 13.1. The van der Waals surface area contributed by atoms with Gasteiger partial charge in [0.25, 0.3) is 5.69 Å². The van der Waals surface area contributed by atoms with Gasteiger partial charge in [-0.15, -0.1) is 0 Å². The highest BCUT2D eigenvalue weighted by atomic mass is 16.6. The summed E-state index contributed by atoms with van der Waals surface area (Å²) in [5, 5.41) is 14.0. The van der Waals surface area contributed by atoms with Crippen molar-refractivity contribution in [1.29, 1.82) is 0 Å². The summed E-state index contributed by atoms with van der Waals surface area (Å²) in [6.07, 6.45) is 5.51. The van der Waals surface area contributed by atoms with Crippen LogP contribution in [0.3, 0.4) is 0 Å². The number of rotatable bonds is 3. The maximum Gasteiger partial charge on any atom is 0.279 e. The molecular formula is C34H28N2O2. The molecule has 0 spiro atoms. The zero-order valence-corrected chi connectivity index (χ0v) is 21.7. The van der Waals surface area contributed by atoms with Crippen molar-refractivity contribution in [3.05, 3.63) is 130 Å². The van der Waals surface area contributed by atoms with Gasteiger partial charge in [-0.25, -0.2) is 0 Å². The van der Waals surface area contributed by atoms with Crippen LogP contribution in [0.25, 0.3) is 38.5 Å². The summed E-state index contributed by atoms with van der Waals surface area (Å²) in [4.78, 5) is 12.0. The van der Waals surface area contributed by atoms with Crippen LogP contribution in [0.1, 0.15) is 38.3 Å². The second kappa shape index (κ2) is 7.78. The Labute approximate surface area is 221 Å². The van der Waals surface area contributed by atoms with Gasteiger partial charge in [0.1, 0.15) is 0 Å². The van der Waals surface area contributed by atoms with E-state index in [2.05, 4.69) is 86.0 Å². The van der Waals surface area contributed by atoms with E-state index in [0.717, 1.165) is 39.4 Å². The fraction of sp³-hybridized carbons (Fsp3) is 0.176. The Morgan fingerprint density at radius 3 is 2.18 bits per heavy atom. The normalized spacial score (nSPS) is 19.7. The average Bonchev–Trinajstić information content (AvgIpc) is 3.28. The lowest BCUT2D eigenvalue weighted by Crippen LogP contribution is -2.45. The molecule has 0 saturated heterocycles. The number of aromatic nitrogens is 1. The van der Waals surface area contributed by atoms with Gasteiger partial charge in [-0.1, -0.05) is 92.7 Å².